The summed E-state index contributed by atoms with van der Waals surface area (Å²) in [5.41, 5.74) is 6.07. The van der Waals surface area contributed by atoms with E-state index in [2.05, 4.69) is 47.1 Å². The maximum Gasteiger partial charge on any atom is 0.0992 e. The van der Waals surface area contributed by atoms with Gasteiger partial charge in [-0.3, -0.25) is 0 Å². The highest BCUT2D eigenvalue weighted by atomic mass is 32.1. The van der Waals surface area contributed by atoms with Crippen molar-refractivity contribution in [3.63, 3.8) is 0 Å². The molecule has 0 fully saturated rings. The van der Waals surface area contributed by atoms with Crippen LogP contribution in [0, 0.1) is 20.8 Å². The number of aromatic nitrogens is 3. The minimum Gasteiger partial charge on any atom is -0.349 e. The Balaban J connectivity index is 1.88. The fourth-order valence-corrected chi connectivity index (χ4v) is 4.13. The first-order chi connectivity index (χ1) is 10.1. The van der Waals surface area contributed by atoms with Crippen molar-refractivity contribution in [2.75, 3.05) is 0 Å². The second kappa shape index (κ2) is 5.73. The molecule has 3 aromatic rings. The van der Waals surface area contributed by atoms with Crippen molar-refractivity contribution >= 4 is 22.7 Å². The van der Waals surface area contributed by atoms with Gasteiger partial charge in [-0.25, -0.2) is 9.97 Å². The lowest BCUT2D eigenvalue weighted by Crippen LogP contribution is -1.98. The van der Waals surface area contributed by atoms with E-state index >= 15 is 0 Å². The minimum absolute atomic E-state index is 0.835. The molecule has 110 valence electrons. The highest BCUT2D eigenvalue weighted by Crippen LogP contribution is 2.29. The predicted molar refractivity (Wildman–Crippen MR) is 90.3 cm³/mol. The second-order valence-corrected chi connectivity index (χ2v) is 7.20. The SMILES string of the molecule is CCn1c(C)cc(-c2csc(Cc3csc(C)n3)n2)c1C. The van der Waals surface area contributed by atoms with E-state index in [0.29, 0.717) is 0 Å². The first kappa shape index (κ1) is 14.5. The van der Waals surface area contributed by atoms with Crippen molar-refractivity contribution in [3.05, 3.63) is 43.9 Å². The molecule has 0 aliphatic carbocycles. The van der Waals surface area contributed by atoms with Gasteiger partial charge in [-0.05, 0) is 33.8 Å². The third kappa shape index (κ3) is 2.80. The molecule has 0 radical (unpaired) electrons. The summed E-state index contributed by atoms with van der Waals surface area (Å²) in [5, 5.41) is 6.54. The zero-order valence-electron chi connectivity index (χ0n) is 12.8. The van der Waals surface area contributed by atoms with Gasteiger partial charge in [0.1, 0.15) is 0 Å². The lowest BCUT2D eigenvalue weighted by molar-refractivity contribution is 0.719. The van der Waals surface area contributed by atoms with Crippen LogP contribution >= 0.6 is 22.7 Å². The molecule has 0 N–H and O–H groups in total. The van der Waals surface area contributed by atoms with E-state index in [9.17, 15) is 0 Å². The van der Waals surface area contributed by atoms with Gasteiger partial charge < -0.3 is 4.57 Å². The summed E-state index contributed by atoms with van der Waals surface area (Å²) in [6, 6.07) is 2.24. The fourth-order valence-electron chi connectivity index (χ4n) is 2.71. The summed E-state index contributed by atoms with van der Waals surface area (Å²) in [7, 11) is 0. The van der Waals surface area contributed by atoms with Crippen LogP contribution in [-0.4, -0.2) is 14.5 Å². The zero-order chi connectivity index (χ0) is 15.0. The van der Waals surface area contributed by atoms with Crippen LogP contribution in [0.2, 0.25) is 0 Å². The van der Waals surface area contributed by atoms with Crippen LogP contribution in [0.1, 0.15) is 34.0 Å². The van der Waals surface area contributed by atoms with Crippen molar-refractivity contribution in [1.29, 1.82) is 0 Å². The summed E-state index contributed by atoms with van der Waals surface area (Å²) < 4.78 is 2.33. The Kier molecular flexibility index (Phi) is 3.95. The van der Waals surface area contributed by atoms with Crippen molar-refractivity contribution in [3.8, 4) is 11.3 Å². The Labute approximate surface area is 133 Å². The van der Waals surface area contributed by atoms with Crippen LogP contribution in [0.5, 0.6) is 0 Å². The van der Waals surface area contributed by atoms with E-state index in [-0.39, 0.29) is 0 Å². The normalized spacial score (nSPS) is 11.2. The van der Waals surface area contributed by atoms with Crippen LogP contribution in [0.15, 0.2) is 16.8 Å². The molecule has 0 saturated carbocycles. The van der Waals surface area contributed by atoms with E-state index in [1.807, 2.05) is 6.92 Å². The Morgan fingerprint density at radius 1 is 1.10 bits per heavy atom. The average Bonchev–Trinajstić information content (AvgIpc) is 3.12. The third-order valence-corrected chi connectivity index (χ3v) is 5.39. The smallest absolute Gasteiger partial charge is 0.0992 e. The lowest BCUT2D eigenvalue weighted by Gasteiger charge is -2.04. The first-order valence-electron chi connectivity index (χ1n) is 7.11. The molecule has 21 heavy (non-hydrogen) atoms. The number of rotatable bonds is 4. The lowest BCUT2D eigenvalue weighted by atomic mass is 10.2. The maximum absolute atomic E-state index is 4.80. The standard InChI is InChI=1S/C16H19N3S2/c1-5-19-10(2)6-14(11(19)3)15-9-21-16(18-15)7-13-8-20-12(4)17-13/h6,8-9H,5,7H2,1-4H3. The van der Waals surface area contributed by atoms with Crippen LogP contribution in [-0.2, 0) is 13.0 Å². The van der Waals surface area contributed by atoms with Gasteiger partial charge in [0.2, 0.25) is 0 Å². The van der Waals surface area contributed by atoms with E-state index in [0.717, 1.165) is 34.4 Å². The highest BCUT2D eigenvalue weighted by Gasteiger charge is 2.13. The van der Waals surface area contributed by atoms with E-state index in [4.69, 9.17) is 4.98 Å². The molecule has 3 nitrogen and oxygen atoms in total. The summed E-state index contributed by atoms with van der Waals surface area (Å²) in [6.07, 6.45) is 0.835. The molecule has 0 aromatic carbocycles. The largest absolute Gasteiger partial charge is 0.349 e. The summed E-state index contributed by atoms with van der Waals surface area (Å²) in [6.45, 7) is 9.56. The molecule has 0 saturated heterocycles. The maximum atomic E-state index is 4.80. The average molecular weight is 317 g/mol. The number of hydrogen-bond donors (Lipinski definition) is 0. The molecular formula is C16H19N3S2. The van der Waals surface area contributed by atoms with Crippen LogP contribution in [0.4, 0.5) is 0 Å². The van der Waals surface area contributed by atoms with E-state index < -0.39 is 0 Å². The molecule has 0 bridgehead atoms. The Morgan fingerprint density at radius 3 is 2.52 bits per heavy atom. The Hall–Kier alpha value is -1.46. The number of nitrogens with zero attached hydrogens (tertiary/aromatic N) is 3. The monoisotopic (exact) mass is 317 g/mol. The fraction of sp³-hybridized carbons (Fsp3) is 0.375. The first-order valence-corrected chi connectivity index (χ1v) is 8.87. The third-order valence-electron chi connectivity index (χ3n) is 3.72. The van der Waals surface area contributed by atoms with Gasteiger partial charge in [0.15, 0.2) is 0 Å². The number of thiazole rings is 2. The van der Waals surface area contributed by atoms with Gasteiger partial charge in [0.05, 0.1) is 21.4 Å². The topological polar surface area (TPSA) is 30.7 Å². The van der Waals surface area contributed by atoms with Crippen molar-refractivity contribution < 1.29 is 0 Å². The molecule has 3 rings (SSSR count). The molecule has 0 aliphatic heterocycles. The quantitative estimate of drug-likeness (QED) is 0.704. The molecule has 3 heterocycles. The van der Waals surface area contributed by atoms with Gasteiger partial charge in [0, 0.05) is 40.7 Å². The van der Waals surface area contributed by atoms with Crippen molar-refractivity contribution in [2.24, 2.45) is 0 Å². The highest BCUT2D eigenvalue weighted by molar-refractivity contribution is 7.10. The van der Waals surface area contributed by atoms with Crippen molar-refractivity contribution in [1.82, 2.24) is 14.5 Å². The number of hydrogen-bond acceptors (Lipinski definition) is 4. The Bertz CT molecular complexity index is 764. The van der Waals surface area contributed by atoms with Crippen LogP contribution < -0.4 is 0 Å². The zero-order valence-corrected chi connectivity index (χ0v) is 14.4. The van der Waals surface area contributed by atoms with E-state index in [1.54, 1.807) is 22.7 Å². The Morgan fingerprint density at radius 2 is 1.90 bits per heavy atom. The second-order valence-electron chi connectivity index (χ2n) is 5.19. The molecule has 5 heteroatoms. The van der Waals surface area contributed by atoms with Gasteiger partial charge in [-0.1, -0.05) is 0 Å². The van der Waals surface area contributed by atoms with Gasteiger partial charge >= 0.3 is 0 Å². The summed E-state index contributed by atoms with van der Waals surface area (Å²) in [5.74, 6) is 0. The van der Waals surface area contributed by atoms with E-state index in [1.165, 1.54) is 17.0 Å². The predicted octanol–water partition coefficient (Wildman–Crippen LogP) is 4.60. The van der Waals surface area contributed by atoms with Gasteiger partial charge in [0.25, 0.3) is 0 Å². The van der Waals surface area contributed by atoms with Crippen molar-refractivity contribution in [2.45, 2.75) is 40.7 Å². The molecular weight excluding hydrogens is 298 g/mol. The number of aryl methyl sites for hydroxylation is 2. The molecule has 0 aliphatic rings. The summed E-state index contributed by atoms with van der Waals surface area (Å²) >= 11 is 3.42. The molecule has 3 aromatic heterocycles. The molecule has 0 unspecified atom stereocenters. The van der Waals surface area contributed by atoms with Gasteiger partial charge in [-0.2, -0.15) is 0 Å². The molecule has 0 amide bonds. The van der Waals surface area contributed by atoms with Crippen LogP contribution in [0.25, 0.3) is 11.3 Å². The molecule has 0 atom stereocenters. The molecule has 0 spiro atoms. The minimum atomic E-state index is 0.835. The summed E-state index contributed by atoms with van der Waals surface area (Å²) in [4.78, 5) is 9.32. The van der Waals surface area contributed by atoms with Gasteiger partial charge in [-0.15, -0.1) is 22.7 Å². The van der Waals surface area contributed by atoms with Crippen LogP contribution in [0.3, 0.4) is 0 Å².